The number of hydrogen-bond donors (Lipinski definition) is 37. The van der Waals surface area contributed by atoms with Crippen LogP contribution in [0.2, 0.25) is 0 Å². The number of aromatic carboxylic acids is 1. The fourth-order valence-electron chi connectivity index (χ4n) is 12.7. The Hall–Kier alpha value is -16.1. The Morgan fingerprint density at radius 1 is 0.409 bits per heavy atom. The standard InChI is InChI=1S/C77H120N34O18S.C2HF3O2/c78-56(114)38-53(105-58(116)23-24-59(117)128-34-33-102-77(130)103-39-17-20-42(45(35-39)69(126)127)60-43-21-18-40(112)36-54(43)129-55-37-41(113)19-22-44(55)60)62(119)94-25-8-16-57(115)104-47(10-2-27-96-71(82)83)63(120)107-49(12-4-29-98-73(86)87)65(122)109-51(14-6-31-100-75(90)91)67(124)111-52(15-7-32-101-76(92)93)68(125)110-50(13-5-30-99-74(88)89)66(123)108-48(11-3-28-97-72(84)85)64(121)106-46(61(79)118)9-1-26-95-70(80)81;3-2(4,5)1(6)7/h17-22,35-37,46-53,112H,1-16,23-34,38H2,(H2,78,114)(H2,79,118)(H,94,119)(H,104,115)(H,105,116)(H,106,121)(H,107,120)(H,108,123)(H,109,122)(H,110,125)(H,111,124)(H,126,127)(H4,80,81,95)(H4,82,83,96)(H4,84,85,97)(H4,86,87,98)(H4,88,89,99)(H4,90,91,100)(H4,92,93,101)(H2,102,103,130);(H,6,7)/t46-,47-,48-,49-,50-,51-,52-,53-;/m1./s1. The van der Waals surface area contributed by atoms with Gasteiger partial charge in [0.1, 0.15) is 72.0 Å². The van der Waals surface area contributed by atoms with E-state index in [4.69, 9.17) is 121 Å². The minimum Gasteiger partial charge on any atom is -0.508 e. The van der Waals surface area contributed by atoms with Crippen molar-refractivity contribution in [2.75, 3.05) is 70.8 Å². The molecule has 46 N–H and O–H groups in total. The Morgan fingerprint density at radius 2 is 0.766 bits per heavy atom. The molecule has 58 heteroatoms. The van der Waals surface area contributed by atoms with Crippen molar-refractivity contribution in [3.05, 3.63) is 70.4 Å². The van der Waals surface area contributed by atoms with Gasteiger partial charge >= 0.3 is 24.1 Å². The topological polar surface area (TPSA) is 957 Å². The molecule has 0 spiro atoms. The van der Waals surface area contributed by atoms with Gasteiger partial charge in [-0.15, -0.1) is 0 Å². The molecule has 0 fully saturated rings. The van der Waals surface area contributed by atoms with Gasteiger partial charge in [-0.25, -0.2) is 9.59 Å². The third kappa shape index (κ3) is 46.7. The van der Waals surface area contributed by atoms with E-state index < -0.39 is 192 Å². The number of carboxylic acids is 2. The largest absolute Gasteiger partial charge is 0.508 e. The van der Waals surface area contributed by atoms with Crippen molar-refractivity contribution in [2.24, 2.45) is 51.6 Å². The van der Waals surface area contributed by atoms with E-state index in [1.165, 1.54) is 42.5 Å². The molecule has 0 saturated heterocycles. The lowest BCUT2D eigenvalue weighted by molar-refractivity contribution is -0.192. The van der Waals surface area contributed by atoms with E-state index in [1.807, 2.05) is 0 Å². The van der Waals surface area contributed by atoms with Crippen LogP contribution in [-0.4, -0.2) is 265 Å². The van der Waals surface area contributed by atoms with Crippen molar-refractivity contribution in [3.8, 4) is 28.2 Å². The van der Waals surface area contributed by atoms with Gasteiger partial charge in [0.2, 0.25) is 65.0 Å². The van der Waals surface area contributed by atoms with Crippen LogP contribution < -0.4 is 153 Å². The van der Waals surface area contributed by atoms with Gasteiger partial charge in [-0.2, -0.15) is 13.2 Å². The average molecular weight is 1960 g/mol. The molecule has 137 heavy (non-hydrogen) atoms. The quantitative estimate of drug-likeness (QED) is 0.00488. The fourth-order valence-corrected chi connectivity index (χ4v) is 12.9. The van der Waals surface area contributed by atoms with Gasteiger partial charge < -0.3 is 172 Å². The van der Waals surface area contributed by atoms with E-state index >= 15 is 0 Å². The summed E-state index contributed by atoms with van der Waals surface area (Å²) in [5.74, 6) is -18.2. The molecular weight excluding hydrogens is 1830 g/mol. The second-order valence-corrected chi connectivity index (χ2v) is 30.6. The number of ether oxygens (including phenoxy) is 1. The molecule has 54 nitrogen and oxygen atoms in total. The summed E-state index contributed by atoms with van der Waals surface area (Å²) in [6.07, 6.45) is -8.17. The number of amides is 11. The first-order chi connectivity index (χ1) is 64.5. The van der Waals surface area contributed by atoms with Crippen molar-refractivity contribution in [3.63, 3.8) is 0 Å². The number of esters is 1. The molecule has 1 aliphatic carbocycles. The lowest BCUT2D eigenvalue weighted by atomic mass is 9.90. The highest BCUT2D eigenvalue weighted by atomic mass is 32.1. The van der Waals surface area contributed by atoms with Crippen LogP contribution in [0.4, 0.5) is 18.9 Å². The zero-order valence-electron chi connectivity index (χ0n) is 74.3. The van der Waals surface area contributed by atoms with Crippen molar-refractivity contribution in [1.82, 2.24) is 90.4 Å². The number of nitrogens with one attached hydrogen (secondary N) is 25. The molecule has 0 radical (unpaired) electrons. The van der Waals surface area contributed by atoms with Crippen molar-refractivity contribution < 1.29 is 105 Å². The van der Waals surface area contributed by atoms with Crippen LogP contribution in [0.3, 0.4) is 0 Å². The number of carbonyl (C=O) groups excluding carboxylic acids is 12. The van der Waals surface area contributed by atoms with Crippen LogP contribution in [0, 0.1) is 37.9 Å². The molecule has 0 saturated carbocycles. The number of carboxylic acid groups (broad SMARTS) is 2. The fraction of sp³-hybridized carbons (Fsp3) is 0.481. The number of primary amides is 2. The van der Waals surface area contributed by atoms with Crippen LogP contribution in [0.15, 0.2) is 63.8 Å². The summed E-state index contributed by atoms with van der Waals surface area (Å²) in [5.41, 5.74) is 50.6. The predicted molar refractivity (Wildman–Crippen MR) is 496 cm³/mol. The molecule has 11 amide bonds. The van der Waals surface area contributed by atoms with E-state index in [-0.39, 0.29) is 219 Å². The third-order valence-corrected chi connectivity index (χ3v) is 19.5. The van der Waals surface area contributed by atoms with Gasteiger partial charge in [0.05, 0.1) is 24.9 Å². The van der Waals surface area contributed by atoms with Crippen molar-refractivity contribution in [2.45, 2.75) is 177 Å². The summed E-state index contributed by atoms with van der Waals surface area (Å²) in [7, 11) is 0. The highest BCUT2D eigenvalue weighted by molar-refractivity contribution is 7.80. The number of alkyl halides is 3. The highest BCUT2D eigenvalue weighted by Gasteiger charge is 2.39. The number of aromatic hydroxyl groups is 1. The molecule has 0 unspecified atom stereocenters. The van der Waals surface area contributed by atoms with Crippen LogP contribution in [0.1, 0.15) is 132 Å². The summed E-state index contributed by atoms with van der Waals surface area (Å²) in [5, 5.41) is 128. The Bertz CT molecular complexity index is 4970. The summed E-state index contributed by atoms with van der Waals surface area (Å²) in [6.45, 7) is -0.534. The van der Waals surface area contributed by atoms with Crippen LogP contribution in [0.25, 0.3) is 33.4 Å². The SMILES string of the molecule is N=C(N)NCCC[C@@H](NC(=O)[C@@H](CCCNC(=N)N)NC(=O)[C@@H](CCCNC(=N)N)NC(=O)[C@@H](CCCNC(=N)N)NC(=O)[C@@H](CCCNC(=N)N)NC(=O)[C@@H](CCCNC(=N)N)NC(=O)[C@@H](CCCNC(=N)N)NC(=O)CCCNC(=O)[C@@H](CC(N)=O)NC(=O)CCC(=O)OCCNC(=S)Nc1ccc(-c2c3ccc(=O)cc-3oc3cc(O)ccc23)c(C(=O)O)c1)C(N)=O.O=C(O)C(F)(F)F. The summed E-state index contributed by atoms with van der Waals surface area (Å²) >= 11 is 5.40. The minimum absolute atomic E-state index is 0.00104. The molecule has 2 aromatic rings. The van der Waals surface area contributed by atoms with Crippen LogP contribution >= 0.6 is 12.2 Å². The average Bonchev–Trinajstić information content (AvgIpc) is 0.746. The predicted octanol–water partition coefficient (Wildman–Crippen LogP) is -6.81. The maximum atomic E-state index is 14.9. The van der Waals surface area contributed by atoms with Gasteiger partial charge in [0.15, 0.2) is 52.3 Å². The minimum atomic E-state index is -5.08. The first-order valence-electron chi connectivity index (χ1n) is 42.4. The number of fused-ring (bicyclic) bond motifs is 2. The second-order valence-electron chi connectivity index (χ2n) is 30.2. The summed E-state index contributed by atoms with van der Waals surface area (Å²) < 4.78 is 42.9. The van der Waals surface area contributed by atoms with Gasteiger partial charge in [0.25, 0.3) is 0 Å². The first-order valence-corrected chi connectivity index (χ1v) is 42.9. The maximum Gasteiger partial charge on any atom is 0.490 e. The lowest BCUT2D eigenvalue weighted by Crippen LogP contribution is -2.60. The molecule has 4 rings (SSSR count). The molecule has 0 bridgehead atoms. The van der Waals surface area contributed by atoms with Crippen LogP contribution in [0.5, 0.6) is 5.75 Å². The number of aliphatic carboxylic acids is 1. The number of hydrogen-bond acceptors (Lipinski definition) is 26. The Balaban J connectivity index is 0.00000662. The van der Waals surface area contributed by atoms with E-state index in [2.05, 4.69) is 95.7 Å². The molecule has 1 aliphatic heterocycles. The smallest absolute Gasteiger partial charge is 0.490 e. The number of phenolic OH excluding ortho intramolecular Hbond substituents is 1. The summed E-state index contributed by atoms with van der Waals surface area (Å²) in [6, 6.07) is 0.748. The Morgan fingerprint density at radius 3 is 1.14 bits per heavy atom. The Kier molecular flexibility index (Phi) is 50.5. The zero-order chi connectivity index (χ0) is 103. The first kappa shape index (κ1) is 115. The second kappa shape index (κ2) is 60.1. The van der Waals surface area contributed by atoms with E-state index in [0.717, 1.165) is 0 Å². The number of benzene rings is 3. The van der Waals surface area contributed by atoms with Gasteiger partial charge in [-0.1, -0.05) is 6.07 Å². The van der Waals surface area contributed by atoms with Crippen molar-refractivity contribution >= 4 is 159 Å². The van der Waals surface area contributed by atoms with E-state index in [0.29, 0.717) is 16.5 Å². The molecule has 1 heterocycles. The van der Waals surface area contributed by atoms with Gasteiger partial charge in [-0.3, -0.25) is 100 Å². The number of phenols is 1. The van der Waals surface area contributed by atoms with E-state index in [1.54, 1.807) is 12.1 Å². The summed E-state index contributed by atoms with van der Waals surface area (Å²) in [4.78, 5) is 199. The number of thiocarbonyl (C=S) groups is 1. The number of guanidine groups is 7. The third-order valence-electron chi connectivity index (χ3n) is 19.2. The van der Waals surface area contributed by atoms with Crippen LogP contribution in [-0.2, 0) is 67.1 Å². The molecule has 0 aromatic heterocycles. The molecule has 8 atom stereocenters. The highest BCUT2D eigenvalue weighted by Crippen LogP contribution is 2.42. The Labute approximate surface area is 785 Å². The number of rotatable bonds is 59. The number of halogens is 3. The number of anilines is 1. The van der Waals surface area contributed by atoms with Crippen molar-refractivity contribution in [1.29, 1.82) is 37.9 Å². The number of nitrogens with two attached hydrogens (primary N) is 9. The van der Waals surface area contributed by atoms with E-state index in [9.17, 15) is 90.5 Å². The molecule has 2 aliphatic rings. The normalized spacial score (nSPS) is 12.5. The molecule has 754 valence electrons. The molecule has 2 aromatic carbocycles. The maximum absolute atomic E-state index is 14.9. The monoisotopic (exact) mass is 1950 g/mol. The molecular formula is C79H121F3N34O20S. The van der Waals surface area contributed by atoms with Gasteiger partial charge in [-0.05, 0) is 150 Å². The zero-order valence-corrected chi connectivity index (χ0v) is 75.2. The van der Waals surface area contributed by atoms with Gasteiger partial charge in [0, 0.05) is 99.5 Å². The number of carbonyl (C=O) groups is 14. The lowest BCUT2D eigenvalue weighted by Gasteiger charge is -2.28.